The predicted molar refractivity (Wildman–Crippen MR) is 117 cm³/mol. The molecular formula is C22H34N4O3S. The molecule has 30 heavy (non-hydrogen) atoms. The molecule has 1 N–H and O–H groups in total. The van der Waals surface area contributed by atoms with Gasteiger partial charge in [0.05, 0.1) is 11.2 Å². The molecule has 4 amide bonds. The third-order valence-electron chi connectivity index (χ3n) is 6.93. The van der Waals surface area contributed by atoms with Crippen LogP contribution in [-0.4, -0.2) is 57.8 Å². The molecule has 0 aromatic carbocycles. The first-order chi connectivity index (χ1) is 14.3. The summed E-state index contributed by atoms with van der Waals surface area (Å²) in [7, 11) is 0. The van der Waals surface area contributed by atoms with Crippen molar-refractivity contribution in [3.63, 3.8) is 0 Å². The van der Waals surface area contributed by atoms with Crippen molar-refractivity contribution in [1.29, 1.82) is 0 Å². The van der Waals surface area contributed by atoms with Gasteiger partial charge in [-0.3, -0.25) is 14.5 Å². The van der Waals surface area contributed by atoms with Gasteiger partial charge in [0.15, 0.2) is 0 Å². The van der Waals surface area contributed by atoms with Crippen LogP contribution in [-0.2, 0) is 16.0 Å². The normalized spacial score (nSPS) is 23.7. The van der Waals surface area contributed by atoms with E-state index in [1.54, 1.807) is 16.8 Å². The van der Waals surface area contributed by atoms with Crippen LogP contribution in [0.5, 0.6) is 0 Å². The van der Waals surface area contributed by atoms with Gasteiger partial charge in [0.25, 0.3) is 5.91 Å². The number of hydrogen-bond donors (Lipinski definition) is 1. The molecule has 3 heterocycles. The van der Waals surface area contributed by atoms with Gasteiger partial charge >= 0.3 is 6.03 Å². The van der Waals surface area contributed by atoms with Crippen molar-refractivity contribution in [2.24, 2.45) is 11.8 Å². The molecule has 2 aliphatic heterocycles. The Morgan fingerprint density at radius 2 is 2.03 bits per heavy atom. The number of imide groups is 1. The number of amides is 4. The SMILES string of the molecule is CCC(C)CC(=O)N1CCC(C2(CC)NC(=O)N(CCc3scnc3C)C2=O)CC1. The summed E-state index contributed by atoms with van der Waals surface area (Å²) in [6.07, 6.45) is 4.28. The second-order valence-electron chi connectivity index (χ2n) is 8.70. The van der Waals surface area contributed by atoms with Gasteiger partial charge in [-0.25, -0.2) is 9.78 Å². The average Bonchev–Trinajstić information content (AvgIpc) is 3.26. The highest BCUT2D eigenvalue weighted by molar-refractivity contribution is 7.09. The van der Waals surface area contributed by atoms with Crippen molar-refractivity contribution < 1.29 is 14.4 Å². The Balaban J connectivity index is 1.63. The average molecular weight is 435 g/mol. The minimum Gasteiger partial charge on any atom is -0.343 e. The van der Waals surface area contributed by atoms with Crippen LogP contribution < -0.4 is 5.32 Å². The van der Waals surface area contributed by atoms with E-state index in [0.29, 0.717) is 44.8 Å². The highest BCUT2D eigenvalue weighted by Gasteiger charge is 2.54. The number of thiazole rings is 1. The van der Waals surface area contributed by atoms with Crippen molar-refractivity contribution >= 4 is 29.2 Å². The molecule has 2 fully saturated rings. The van der Waals surface area contributed by atoms with E-state index < -0.39 is 5.54 Å². The molecule has 0 spiro atoms. The Hall–Kier alpha value is -1.96. The lowest BCUT2D eigenvalue weighted by Crippen LogP contribution is -2.56. The standard InChI is InChI=1S/C22H34N4O3S/c1-5-15(3)13-19(27)25-10-7-17(8-11-25)22(6-2)20(28)26(21(29)24-22)12-9-18-16(4)23-14-30-18/h14-15,17H,5-13H2,1-4H3,(H,24,29). The highest BCUT2D eigenvalue weighted by Crippen LogP contribution is 2.36. The highest BCUT2D eigenvalue weighted by atomic mass is 32.1. The quantitative estimate of drug-likeness (QED) is 0.636. The predicted octanol–water partition coefficient (Wildman–Crippen LogP) is 3.37. The number of rotatable bonds is 8. The van der Waals surface area contributed by atoms with Crippen LogP contribution in [0, 0.1) is 18.8 Å². The number of carbonyl (C=O) groups is 3. The van der Waals surface area contributed by atoms with Crippen molar-refractivity contribution in [3.8, 4) is 0 Å². The lowest BCUT2D eigenvalue weighted by Gasteiger charge is -2.40. The summed E-state index contributed by atoms with van der Waals surface area (Å²) in [5.74, 6) is 0.545. The van der Waals surface area contributed by atoms with Gasteiger partial charge in [-0.05, 0) is 38.0 Å². The molecule has 1 aromatic rings. The van der Waals surface area contributed by atoms with Gasteiger partial charge in [0.2, 0.25) is 5.91 Å². The number of aryl methyl sites for hydroxylation is 1. The molecule has 0 bridgehead atoms. The number of carbonyl (C=O) groups excluding carboxylic acids is 3. The maximum atomic E-state index is 13.4. The lowest BCUT2D eigenvalue weighted by atomic mass is 9.75. The first-order valence-electron chi connectivity index (χ1n) is 11.1. The Kier molecular flexibility index (Phi) is 7.16. The maximum absolute atomic E-state index is 13.4. The van der Waals surface area contributed by atoms with Gasteiger partial charge in [0, 0.05) is 37.4 Å². The Labute approximate surface area is 183 Å². The van der Waals surface area contributed by atoms with Crippen LogP contribution >= 0.6 is 11.3 Å². The fourth-order valence-electron chi connectivity index (χ4n) is 4.63. The Bertz CT molecular complexity index is 787. The Morgan fingerprint density at radius 1 is 1.33 bits per heavy atom. The summed E-state index contributed by atoms with van der Waals surface area (Å²) in [5.41, 5.74) is 1.91. The van der Waals surface area contributed by atoms with Crippen LogP contribution in [0.25, 0.3) is 0 Å². The first-order valence-corrected chi connectivity index (χ1v) is 12.0. The molecular weight excluding hydrogens is 400 g/mol. The summed E-state index contributed by atoms with van der Waals surface area (Å²) in [5, 5.41) is 3.04. The summed E-state index contributed by atoms with van der Waals surface area (Å²) >= 11 is 1.56. The number of nitrogens with zero attached hydrogens (tertiary/aromatic N) is 3. The maximum Gasteiger partial charge on any atom is 0.325 e. The fraction of sp³-hybridized carbons (Fsp3) is 0.727. The first kappa shape index (κ1) is 22.7. The van der Waals surface area contributed by atoms with Crippen LogP contribution in [0.3, 0.4) is 0 Å². The molecule has 0 saturated carbocycles. The van der Waals surface area contributed by atoms with E-state index in [2.05, 4.69) is 24.1 Å². The molecule has 0 aliphatic carbocycles. The van der Waals surface area contributed by atoms with E-state index in [4.69, 9.17) is 0 Å². The van der Waals surface area contributed by atoms with Crippen molar-refractivity contribution in [3.05, 3.63) is 16.1 Å². The third-order valence-corrected chi connectivity index (χ3v) is 7.93. The van der Waals surface area contributed by atoms with Crippen LogP contribution in [0.4, 0.5) is 4.79 Å². The van der Waals surface area contributed by atoms with Crippen LogP contribution in [0.1, 0.15) is 63.4 Å². The molecule has 2 atom stereocenters. The molecule has 0 radical (unpaired) electrons. The fourth-order valence-corrected chi connectivity index (χ4v) is 5.40. The zero-order valence-corrected chi connectivity index (χ0v) is 19.4. The summed E-state index contributed by atoms with van der Waals surface area (Å²) in [6.45, 7) is 9.81. The molecule has 3 rings (SSSR count). The van der Waals surface area contributed by atoms with Gasteiger partial charge in [-0.1, -0.05) is 27.2 Å². The summed E-state index contributed by atoms with van der Waals surface area (Å²) in [6, 6.07) is -0.292. The zero-order chi connectivity index (χ0) is 21.9. The molecule has 166 valence electrons. The minimum atomic E-state index is -0.842. The summed E-state index contributed by atoms with van der Waals surface area (Å²) in [4.78, 5) is 47.2. The number of nitrogens with one attached hydrogen (secondary N) is 1. The number of urea groups is 1. The van der Waals surface area contributed by atoms with E-state index >= 15 is 0 Å². The molecule has 7 nitrogen and oxygen atoms in total. The van der Waals surface area contributed by atoms with Crippen molar-refractivity contribution in [2.45, 2.75) is 71.8 Å². The lowest BCUT2D eigenvalue weighted by molar-refractivity contribution is -0.136. The van der Waals surface area contributed by atoms with Crippen molar-refractivity contribution in [2.75, 3.05) is 19.6 Å². The van der Waals surface area contributed by atoms with E-state index in [9.17, 15) is 14.4 Å². The summed E-state index contributed by atoms with van der Waals surface area (Å²) < 4.78 is 0. The topological polar surface area (TPSA) is 82.6 Å². The minimum absolute atomic E-state index is 0.0572. The van der Waals surface area contributed by atoms with E-state index in [-0.39, 0.29) is 23.8 Å². The van der Waals surface area contributed by atoms with Crippen LogP contribution in [0.15, 0.2) is 5.51 Å². The largest absolute Gasteiger partial charge is 0.343 e. The second-order valence-corrected chi connectivity index (χ2v) is 9.63. The van der Waals surface area contributed by atoms with Gasteiger partial charge < -0.3 is 10.2 Å². The van der Waals surface area contributed by atoms with Gasteiger partial charge in [-0.15, -0.1) is 11.3 Å². The molecule has 2 unspecified atom stereocenters. The molecule has 2 saturated heterocycles. The van der Waals surface area contributed by atoms with Crippen LogP contribution in [0.2, 0.25) is 0 Å². The van der Waals surface area contributed by atoms with Gasteiger partial charge in [-0.2, -0.15) is 0 Å². The van der Waals surface area contributed by atoms with Crippen molar-refractivity contribution in [1.82, 2.24) is 20.1 Å². The second kappa shape index (κ2) is 9.45. The monoisotopic (exact) mass is 434 g/mol. The number of likely N-dealkylation sites (tertiary alicyclic amines) is 1. The number of aromatic nitrogens is 1. The van der Waals surface area contributed by atoms with E-state index in [1.807, 2.05) is 18.7 Å². The molecule has 1 aromatic heterocycles. The third kappa shape index (κ3) is 4.38. The number of hydrogen-bond acceptors (Lipinski definition) is 5. The Morgan fingerprint density at radius 3 is 2.60 bits per heavy atom. The van der Waals surface area contributed by atoms with Gasteiger partial charge in [0.1, 0.15) is 5.54 Å². The zero-order valence-electron chi connectivity index (χ0n) is 18.6. The van der Waals surface area contributed by atoms with E-state index in [0.717, 1.165) is 29.8 Å². The van der Waals surface area contributed by atoms with E-state index in [1.165, 1.54) is 4.90 Å². The molecule has 2 aliphatic rings. The number of piperidine rings is 1. The molecule has 8 heteroatoms. The smallest absolute Gasteiger partial charge is 0.325 e.